The molecule has 2 atom stereocenters. The van der Waals surface area contributed by atoms with Crippen LogP contribution in [0.2, 0.25) is 0 Å². The van der Waals surface area contributed by atoms with Gasteiger partial charge >= 0.3 is 6.18 Å². The highest BCUT2D eigenvalue weighted by Gasteiger charge is 2.57. The minimum Gasteiger partial charge on any atom is -0.493 e. The van der Waals surface area contributed by atoms with E-state index >= 15 is 0 Å². The van der Waals surface area contributed by atoms with Crippen LogP contribution in [-0.4, -0.2) is 31.6 Å². The Morgan fingerprint density at radius 3 is 2.57 bits per heavy atom. The second-order valence-electron chi connectivity index (χ2n) is 5.63. The second kappa shape index (κ2) is 4.43. The molecule has 0 bridgehead atoms. The van der Waals surface area contributed by atoms with Gasteiger partial charge < -0.3 is 18.9 Å². The van der Waals surface area contributed by atoms with E-state index < -0.39 is 18.4 Å². The molecule has 3 rings (SSSR count). The number of halogens is 3. The first-order valence-electron chi connectivity index (χ1n) is 6.47. The fourth-order valence-electron chi connectivity index (χ4n) is 2.52. The van der Waals surface area contributed by atoms with Crippen LogP contribution in [0.1, 0.15) is 25.5 Å². The van der Waals surface area contributed by atoms with Gasteiger partial charge in [0.1, 0.15) is 23.6 Å². The molecule has 0 amide bonds. The average Bonchev–Trinajstić information content (AvgIpc) is 3.15. The lowest BCUT2D eigenvalue weighted by atomic mass is 9.94. The molecule has 2 aliphatic rings. The number of methoxy groups -OCH3 is 1. The minimum absolute atomic E-state index is 0.00322. The number of fused-ring (bicyclic) bond motifs is 3. The summed E-state index contributed by atoms with van der Waals surface area (Å²) in [5, 5.41) is 0. The number of epoxide rings is 1. The molecule has 7 heteroatoms. The van der Waals surface area contributed by atoms with Crippen LogP contribution in [0.5, 0.6) is 17.2 Å². The number of hydrogen-bond donors (Lipinski definition) is 0. The van der Waals surface area contributed by atoms with Crippen molar-refractivity contribution in [1.82, 2.24) is 0 Å². The number of hydrogen-bond acceptors (Lipinski definition) is 4. The average molecular weight is 304 g/mol. The molecule has 2 heterocycles. The highest BCUT2D eigenvalue weighted by molar-refractivity contribution is 5.54. The van der Waals surface area contributed by atoms with Crippen LogP contribution in [0, 0.1) is 0 Å². The summed E-state index contributed by atoms with van der Waals surface area (Å²) in [5.41, 5.74) is 0.253. The maximum absolute atomic E-state index is 12.3. The third-order valence-electron chi connectivity index (χ3n) is 3.54. The van der Waals surface area contributed by atoms with Crippen molar-refractivity contribution in [1.29, 1.82) is 0 Å². The van der Waals surface area contributed by atoms with Crippen molar-refractivity contribution in [3.63, 3.8) is 0 Å². The molecule has 2 aliphatic heterocycles. The summed E-state index contributed by atoms with van der Waals surface area (Å²) in [7, 11) is 1.38. The molecule has 1 aromatic rings. The lowest BCUT2D eigenvalue weighted by Crippen LogP contribution is -2.37. The first-order chi connectivity index (χ1) is 9.71. The van der Waals surface area contributed by atoms with Gasteiger partial charge in [-0.25, -0.2) is 0 Å². The topological polar surface area (TPSA) is 40.2 Å². The van der Waals surface area contributed by atoms with Crippen molar-refractivity contribution in [2.45, 2.75) is 37.8 Å². The monoisotopic (exact) mass is 304 g/mol. The van der Waals surface area contributed by atoms with Crippen molar-refractivity contribution < 1.29 is 32.1 Å². The molecule has 21 heavy (non-hydrogen) atoms. The maximum Gasteiger partial charge on any atom is 0.422 e. The summed E-state index contributed by atoms with van der Waals surface area (Å²) in [6, 6.07) is 3.04. The van der Waals surface area contributed by atoms with Crippen LogP contribution < -0.4 is 14.2 Å². The third kappa shape index (κ3) is 2.62. The van der Waals surface area contributed by atoms with E-state index in [1.165, 1.54) is 13.2 Å². The molecule has 1 saturated heterocycles. The van der Waals surface area contributed by atoms with Gasteiger partial charge in [0.15, 0.2) is 18.1 Å². The van der Waals surface area contributed by atoms with Crippen molar-refractivity contribution in [2.24, 2.45) is 0 Å². The normalized spacial score (nSPS) is 25.4. The molecule has 0 radical (unpaired) electrons. The lowest BCUT2D eigenvalue weighted by Gasteiger charge is -2.30. The summed E-state index contributed by atoms with van der Waals surface area (Å²) in [6.07, 6.45) is -4.56. The van der Waals surface area contributed by atoms with Crippen LogP contribution in [-0.2, 0) is 4.74 Å². The van der Waals surface area contributed by atoms with Gasteiger partial charge in [0, 0.05) is 11.6 Å². The molecule has 2 unspecified atom stereocenters. The Balaban J connectivity index is 1.92. The Labute approximate surface area is 119 Å². The fraction of sp³-hybridized carbons (Fsp3) is 0.571. The van der Waals surface area contributed by atoms with Gasteiger partial charge in [-0.3, -0.25) is 0 Å². The van der Waals surface area contributed by atoms with Gasteiger partial charge in [-0.05, 0) is 19.9 Å². The zero-order valence-electron chi connectivity index (χ0n) is 11.8. The Hall–Kier alpha value is -1.63. The Morgan fingerprint density at radius 1 is 1.24 bits per heavy atom. The minimum atomic E-state index is -4.41. The van der Waals surface area contributed by atoms with Crippen LogP contribution in [0.15, 0.2) is 12.1 Å². The van der Waals surface area contributed by atoms with Gasteiger partial charge in [0.25, 0.3) is 0 Å². The largest absolute Gasteiger partial charge is 0.493 e. The number of ether oxygens (including phenoxy) is 4. The highest BCUT2D eigenvalue weighted by atomic mass is 19.4. The van der Waals surface area contributed by atoms with Crippen LogP contribution >= 0.6 is 0 Å². The van der Waals surface area contributed by atoms with E-state index in [4.69, 9.17) is 18.9 Å². The summed E-state index contributed by atoms with van der Waals surface area (Å²) >= 11 is 0. The second-order valence-corrected chi connectivity index (χ2v) is 5.63. The first kappa shape index (κ1) is 14.3. The Bertz CT molecular complexity index is 568. The van der Waals surface area contributed by atoms with Gasteiger partial charge in [-0.15, -0.1) is 0 Å². The van der Waals surface area contributed by atoms with Crippen LogP contribution in [0.3, 0.4) is 0 Å². The standard InChI is InChI=1S/C14H15F3O4/c1-13(2)12-11(20-12)7-4-9(18-3)10(5-8(7)21-13)19-6-14(15,16)17/h4-5,11-12H,6H2,1-3H3. The van der Waals surface area contributed by atoms with Crippen molar-refractivity contribution in [3.05, 3.63) is 17.7 Å². The smallest absolute Gasteiger partial charge is 0.422 e. The van der Waals surface area contributed by atoms with Crippen molar-refractivity contribution in [3.8, 4) is 17.2 Å². The van der Waals surface area contributed by atoms with Gasteiger partial charge in [-0.1, -0.05) is 0 Å². The van der Waals surface area contributed by atoms with Crippen LogP contribution in [0.4, 0.5) is 13.2 Å². The maximum atomic E-state index is 12.3. The Kier molecular flexibility index (Phi) is 3.02. The molecule has 0 aromatic heterocycles. The highest BCUT2D eigenvalue weighted by Crippen LogP contribution is 2.55. The molecule has 0 N–H and O–H groups in total. The van der Waals surface area contributed by atoms with Crippen LogP contribution in [0.25, 0.3) is 0 Å². The molecular weight excluding hydrogens is 289 g/mol. The zero-order chi connectivity index (χ0) is 15.4. The summed E-state index contributed by atoms with van der Waals surface area (Å²) in [5.74, 6) is 0.704. The fourth-order valence-corrected chi connectivity index (χ4v) is 2.52. The van der Waals surface area contributed by atoms with E-state index in [1.807, 2.05) is 13.8 Å². The van der Waals surface area contributed by atoms with Crippen molar-refractivity contribution >= 4 is 0 Å². The molecule has 4 nitrogen and oxygen atoms in total. The van der Waals surface area contributed by atoms with E-state index in [0.717, 1.165) is 5.56 Å². The molecule has 0 saturated carbocycles. The van der Waals surface area contributed by atoms with Gasteiger partial charge in [-0.2, -0.15) is 13.2 Å². The predicted molar refractivity (Wildman–Crippen MR) is 66.9 cm³/mol. The third-order valence-corrected chi connectivity index (χ3v) is 3.54. The van der Waals surface area contributed by atoms with Gasteiger partial charge in [0.05, 0.1) is 7.11 Å². The number of rotatable bonds is 3. The predicted octanol–water partition coefficient (Wildman–Crippen LogP) is 3.25. The SMILES string of the molecule is COc1cc2c(cc1OCC(F)(F)F)OC(C)(C)C1OC21. The van der Waals surface area contributed by atoms with E-state index in [1.54, 1.807) is 6.07 Å². The first-order valence-corrected chi connectivity index (χ1v) is 6.47. The summed E-state index contributed by atoms with van der Waals surface area (Å²) in [6.45, 7) is 2.37. The Morgan fingerprint density at radius 2 is 1.95 bits per heavy atom. The van der Waals surface area contributed by atoms with E-state index in [-0.39, 0.29) is 23.7 Å². The molecule has 116 valence electrons. The van der Waals surface area contributed by atoms with E-state index in [9.17, 15) is 13.2 Å². The summed E-state index contributed by atoms with van der Waals surface area (Å²) in [4.78, 5) is 0. The summed E-state index contributed by atoms with van der Waals surface area (Å²) < 4.78 is 58.1. The van der Waals surface area contributed by atoms with E-state index in [2.05, 4.69) is 0 Å². The van der Waals surface area contributed by atoms with Gasteiger partial charge in [0.2, 0.25) is 0 Å². The molecule has 1 aromatic carbocycles. The van der Waals surface area contributed by atoms with E-state index in [0.29, 0.717) is 5.75 Å². The molecule has 1 fully saturated rings. The molecule has 0 aliphatic carbocycles. The zero-order valence-corrected chi connectivity index (χ0v) is 11.8. The molecular formula is C14H15F3O4. The number of alkyl halides is 3. The molecule has 0 spiro atoms. The lowest BCUT2D eigenvalue weighted by molar-refractivity contribution is -0.153. The quantitative estimate of drug-likeness (QED) is 0.804. The number of benzene rings is 1. The van der Waals surface area contributed by atoms with Crippen molar-refractivity contribution in [2.75, 3.05) is 13.7 Å².